The molecule has 1 aliphatic rings. The lowest BCUT2D eigenvalue weighted by molar-refractivity contribution is 0.0736. The topological polar surface area (TPSA) is 75.7 Å². The van der Waals surface area contributed by atoms with E-state index in [2.05, 4.69) is 4.72 Å². The van der Waals surface area contributed by atoms with E-state index < -0.39 is 10.0 Å². The average molecular weight is 465 g/mol. The van der Waals surface area contributed by atoms with E-state index in [1.807, 2.05) is 31.2 Å². The van der Waals surface area contributed by atoms with E-state index in [9.17, 15) is 13.2 Å². The summed E-state index contributed by atoms with van der Waals surface area (Å²) in [5, 5.41) is 0. The van der Waals surface area contributed by atoms with Crippen LogP contribution in [0.5, 0.6) is 5.75 Å². The molecule has 33 heavy (non-hydrogen) atoms. The molecule has 0 spiro atoms. The van der Waals surface area contributed by atoms with Gasteiger partial charge in [0, 0.05) is 13.1 Å². The van der Waals surface area contributed by atoms with Crippen molar-refractivity contribution >= 4 is 21.6 Å². The highest BCUT2D eigenvalue weighted by Gasteiger charge is 2.29. The summed E-state index contributed by atoms with van der Waals surface area (Å²) < 4.78 is 33.8. The molecule has 0 unspecified atom stereocenters. The Morgan fingerprint density at radius 2 is 1.76 bits per heavy atom. The van der Waals surface area contributed by atoms with Crippen LogP contribution in [0.25, 0.3) is 0 Å². The summed E-state index contributed by atoms with van der Waals surface area (Å²) in [6.07, 6.45) is 2.20. The number of carbonyl (C=O) groups excluding carboxylic acids is 1. The number of aryl methyl sites for hydroxylation is 1. The van der Waals surface area contributed by atoms with Gasteiger partial charge in [0.15, 0.2) is 0 Å². The lowest BCUT2D eigenvalue weighted by atomic mass is 10.1. The third-order valence-corrected chi connectivity index (χ3v) is 7.08. The molecule has 1 N–H and O–H groups in total. The monoisotopic (exact) mass is 464 g/mol. The van der Waals surface area contributed by atoms with Crippen molar-refractivity contribution in [2.24, 2.45) is 5.92 Å². The fraction of sp³-hybridized carbons (Fsp3) is 0.269. The maximum atomic E-state index is 13.6. The molecule has 3 aromatic carbocycles. The minimum atomic E-state index is -3.83. The molecule has 0 heterocycles. The van der Waals surface area contributed by atoms with E-state index >= 15 is 0 Å². The normalized spacial score (nSPS) is 13.4. The molecule has 4 rings (SSSR count). The first kappa shape index (κ1) is 22.9. The molecule has 0 radical (unpaired) electrons. The van der Waals surface area contributed by atoms with Crippen molar-refractivity contribution in [1.29, 1.82) is 0 Å². The van der Waals surface area contributed by atoms with Crippen LogP contribution in [0.4, 0.5) is 5.69 Å². The molecule has 3 aromatic rings. The van der Waals surface area contributed by atoms with Crippen LogP contribution in [-0.2, 0) is 16.6 Å². The van der Waals surface area contributed by atoms with Gasteiger partial charge in [0.25, 0.3) is 15.9 Å². The Balaban J connectivity index is 1.61. The van der Waals surface area contributed by atoms with E-state index in [1.54, 1.807) is 60.5 Å². The first-order valence-corrected chi connectivity index (χ1v) is 12.4. The Bertz CT molecular complexity index is 1240. The third-order valence-electron chi connectivity index (χ3n) is 5.70. The summed E-state index contributed by atoms with van der Waals surface area (Å²) in [5.41, 5.74) is 2.53. The maximum Gasteiger partial charge on any atom is 0.261 e. The van der Waals surface area contributed by atoms with Crippen molar-refractivity contribution < 1.29 is 17.9 Å². The van der Waals surface area contributed by atoms with Gasteiger partial charge < -0.3 is 9.64 Å². The smallest absolute Gasteiger partial charge is 0.261 e. The SMILES string of the molecule is COc1cccc(CN(CC2CC2)C(=O)c2ccccc2NS(=O)(=O)c2ccc(C)cc2)c1. The van der Waals surface area contributed by atoms with Crippen molar-refractivity contribution in [3.05, 3.63) is 89.5 Å². The van der Waals surface area contributed by atoms with Crippen molar-refractivity contribution in [2.75, 3.05) is 18.4 Å². The van der Waals surface area contributed by atoms with Crippen LogP contribution in [0.15, 0.2) is 77.7 Å². The molecular weight excluding hydrogens is 436 g/mol. The zero-order valence-corrected chi connectivity index (χ0v) is 19.6. The number of amides is 1. The first-order chi connectivity index (χ1) is 15.9. The van der Waals surface area contributed by atoms with E-state index in [1.165, 1.54) is 0 Å². The zero-order valence-electron chi connectivity index (χ0n) is 18.8. The fourth-order valence-corrected chi connectivity index (χ4v) is 4.75. The number of hydrogen-bond acceptors (Lipinski definition) is 4. The second kappa shape index (κ2) is 9.67. The van der Waals surface area contributed by atoms with Crippen molar-refractivity contribution in [3.8, 4) is 5.75 Å². The molecule has 1 fully saturated rings. The summed E-state index contributed by atoms with van der Waals surface area (Å²) in [6.45, 7) is 2.95. The number of methoxy groups -OCH3 is 1. The highest BCUT2D eigenvalue weighted by atomic mass is 32.2. The van der Waals surface area contributed by atoms with Gasteiger partial charge in [-0.3, -0.25) is 9.52 Å². The summed E-state index contributed by atoms with van der Waals surface area (Å²) in [7, 11) is -2.21. The number of benzene rings is 3. The first-order valence-electron chi connectivity index (χ1n) is 11.0. The summed E-state index contributed by atoms with van der Waals surface area (Å²) >= 11 is 0. The Morgan fingerprint density at radius 3 is 2.45 bits per heavy atom. The van der Waals surface area contributed by atoms with Gasteiger partial charge in [0.1, 0.15) is 5.75 Å². The summed E-state index contributed by atoms with van der Waals surface area (Å²) in [4.78, 5) is 15.6. The van der Waals surface area contributed by atoms with Crippen molar-refractivity contribution in [3.63, 3.8) is 0 Å². The van der Waals surface area contributed by atoms with Crippen LogP contribution in [0.1, 0.15) is 34.3 Å². The molecule has 1 saturated carbocycles. The van der Waals surface area contributed by atoms with Crippen LogP contribution in [0.2, 0.25) is 0 Å². The molecule has 0 saturated heterocycles. The quantitative estimate of drug-likeness (QED) is 0.491. The Labute approximate surface area is 195 Å². The van der Waals surface area contributed by atoms with E-state index in [0.717, 1.165) is 29.7 Å². The maximum absolute atomic E-state index is 13.6. The fourth-order valence-electron chi connectivity index (χ4n) is 3.67. The lowest BCUT2D eigenvalue weighted by Crippen LogP contribution is -2.33. The number of ether oxygens (including phenoxy) is 1. The van der Waals surface area contributed by atoms with Crippen LogP contribution < -0.4 is 9.46 Å². The van der Waals surface area contributed by atoms with Crippen LogP contribution in [0, 0.1) is 12.8 Å². The summed E-state index contributed by atoms with van der Waals surface area (Å²) in [5.74, 6) is 1.01. The molecule has 0 atom stereocenters. The predicted octanol–water partition coefficient (Wildman–Crippen LogP) is 4.86. The van der Waals surface area contributed by atoms with Gasteiger partial charge in [-0.05, 0) is 67.6 Å². The largest absolute Gasteiger partial charge is 0.497 e. The molecule has 1 aliphatic carbocycles. The van der Waals surface area contributed by atoms with Gasteiger partial charge in [-0.1, -0.05) is 42.0 Å². The number of hydrogen-bond donors (Lipinski definition) is 1. The second-order valence-corrected chi connectivity index (χ2v) is 10.1. The second-order valence-electron chi connectivity index (χ2n) is 8.44. The van der Waals surface area contributed by atoms with E-state index in [-0.39, 0.29) is 16.5 Å². The number of nitrogens with zero attached hydrogens (tertiary/aromatic N) is 1. The number of para-hydroxylation sites is 1. The van der Waals surface area contributed by atoms with Gasteiger partial charge in [-0.2, -0.15) is 0 Å². The molecule has 1 amide bonds. The predicted molar refractivity (Wildman–Crippen MR) is 129 cm³/mol. The van der Waals surface area contributed by atoms with Crippen LogP contribution in [-0.4, -0.2) is 32.9 Å². The standard InChI is InChI=1S/C26H28N2O4S/c1-19-10-14-23(15-11-19)33(30,31)27-25-9-4-3-8-24(25)26(29)28(17-20-12-13-20)18-21-6-5-7-22(16-21)32-2/h3-11,14-16,20,27H,12-13,17-18H2,1-2H3. The number of rotatable bonds is 9. The molecule has 172 valence electrons. The van der Waals surface area contributed by atoms with Gasteiger partial charge in [-0.15, -0.1) is 0 Å². The van der Waals surface area contributed by atoms with Crippen molar-refractivity contribution in [1.82, 2.24) is 4.90 Å². The Hall–Kier alpha value is -3.32. The minimum Gasteiger partial charge on any atom is -0.497 e. The highest BCUT2D eigenvalue weighted by Crippen LogP contribution is 2.32. The Morgan fingerprint density at radius 1 is 1.03 bits per heavy atom. The summed E-state index contributed by atoms with van der Waals surface area (Å²) in [6, 6.07) is 21.0. The van der Waals surface area contributed by atoms with E-state index in [0.29, 0.717) is 24.6 Å². The van der Waals surface area contributed by atoms with E-state index in [4.69, 9.17) is 4.74 Å². The van der Waals surface area contributed by atoms with Crippen molar-refractivity contribution in [2.45, 2.75) is 31.2 Å². The van der Waals surface area contributed by atoms with Gasteiger partial charge in [0.05, 0.1) is 23.3 Å². The van der Waals surface area contributed by atoms with Gasteiger partial charge in [0.2, 0.25) is 0 Å². The molecular formula is C26H28N2O4S. The Kier molecular flexibility index (Phi) is 6.70. The molecule has 7 heteroatoms. The number of nitrogens with one attached hydrogen (secondary N) is 1. The van der Waals surface area contributed by atoms with Gasteiger partial charge >= 0.3 is 0 Å². The molecule has 0 aromatic heterocycles. The highest BCUT2D eigenvalue weighted by molar-refractivity contribution is 7.92. The average Bonchev–Trinajstić information content (AvgIpc) is 3.63. The lowest BCUT2D eigenvalue weighted by Gasteiger charge is -2.24. The third kappa shape index (κ3) is 5.73. The van der Waals surface area contributed by atoms with Crippen LogP contribution in [0.3, 0.4) is 0 Å². The minimum absolute atomic E-state index is 0.154. The van der Waals surface area contributed by atoms with Gasteiger partial charge in [-0.25, -0.2) is 8.42 Å². The van der Waals surface area contributed by atoms with Crippen LogP contribution >= 0.6 is 0 Å². The molecule has 0 bridgehead atoms. The number of carbonyl (C=O) groups is 1. The number of anilines is 1. The molecule has 0 aliphatic heterocycles. The number of sulfonamides is 1. The molecule has 6 nitrogen and oxygen atoms in total. The zero-order chi connectivity index (χ0) is 23.4.